The molecule has 0 atom stereocenters. The second kappa shape index (κ2) is 8.90. The maximum Gasteiger partial charge on any atom is 0.359 e. The van der Waals surface area contributed by atoms with Gasteiger partial charge in [-0.1, -0.05) is 18.2 Å². The molecule has 1 aliphatic carbocycles. The Morgan fingerprint density at radius 2 is 1.93 bits per heavy atom. The van der Waals surface area contributed by atoms with Gasteiger partial charge in [0.2, 0.25) is 5.91 Å². The number of rotatable bonds is 6. The van der Waals surface area contributed by atoms with E-state index in [2.05, 4.69) is 5.10 Å². The van der Waals surface area contributed by atoms with Gasteiger partial charge in [-0.3, -0.25) is 9.48 Å². The Morgan fingerprint density at radius 1 is 1.17 bits per heavy atom. The van der Waals surface area contributed by atoms with Crippen LogP contribution in [0.4, 0.5) is 0 Å². The monoisotopic (exact) mass is 411 g/mol. The van der Waals surface area contributed by atoms with E-state index in [1.807, 2.05) is 36.1 Å². The van der Waals surface area contributed by atoms with Crippen molar-refractivity contribution in [2.75, 3.05) is 19.7 Å². The van der Waals surface area contributed by atoms with Crippen molar-refractivity contribution in [2.45, 2.75) is 58.6 Å². The SMILES string of the molecule is CCOC(=O)c1nn(CC(=O)N2CCC(Oc3ccccc3C)CC2)c2c1CCC2. The Morgan fingerprint density at radius 3 is 2.67 bits per heavy atom. The van der Waals surface area contributed by atoms with Crippen LogP contribution < -0.4 is 4.74 Å². The zero-order valence-electron chi connectivity index (χ0n) is 17.7. The van der Waals surface area contributed by atoms with Crippen LogP contribution in [0.5, 0.6) is 5.75 Å². The second-order valence-electron chi connectivity index (χ2n) is 7.97. The molecule has 1 saturated heterocycles. The highest BCUT2D eigenvalue weighted by Crippen LogP contribution is 2.27. The summed E-state index contributed by atoms with van der Waals surface area (Å²) in [7, 11) is 0. The van der Waals surface area contributed by atoms with E-state index in [0.717, 1.165) is 54.7 Å². The molecule has 2 aromatic rings. The van der Waals surface area contributed by atoms with Gasteiger partial charge in [0.25, 0.3) is 0 Å². The van der Waals surface area contributed by atoms with E-state index in [4.69, 9.17) is 9.47 Å². The fourth-order valence-electron chi connectivity index (χ4n) is 4.32. The number of hydrogen-bond acceptors (Lipinski definition) is 5. The molecule has 1 aromatic carbocycles. The standard InChI is InChI=1S/C23H29N3O4/c1-3-29-23(28)22-18-8-6-9-19(18)26(24-22)15-21(27)25-13-11-17(12-14-25)30-20-10-5-4-7-16(20)2/h4-5,7,10,17H,3,6,8-9,11-15H2,1-2H3. The fraction of sp³-hybridized carbons (Fsp3) is 0.522. The van der Waals surface area contributed by atoms with Gasteiger partial charge >= 0.3 is 5.97 Å². The highest BCUT2D eigenvalue weighted by molar-refractivity contribution is 5.89. The average molecular weight is 412 g/mol. The molecule has 1 amide bonds. The van der Waals surface area contributed by atoms with E-state index < -0.39 is 5.97 Å². The first-order valence-corrected chi connectivity index (χ1v) is 10.8. The molecule has 2 aliphatic rings. The van der Waals surface area contributed by atoms with E-state index >= 15 is 0 Å². The third-order valence-corrected chi connectivity index (χ3v) is 5.94. The van der Waals surface area contributed by atoms with Crippen LogP contribution in [0.3, 0.4) is 0 Å². The molecule has 0 unspecified atom stereocenters. The number of nitrogens with zero attached hydrogens (tertiary/aromatic N) is 3. The largest absolute Gasteiger partial charge is 0.490 e. The molecule has 0 bridgehead atoms. The van der Waals surface area contributed by atoms with Gasteiger partial charge in [0.1, 0.15) is 18.4 Å². The summed E-state index contributed by atoms with van der Waals surface area (Å²) in [5, 5.41) is 4.44. The molecule has 7 heteroatoms. The maximum atomic E-state index is 12.9. The van der Waals surface area contributed by atoms with Crippen LogP contribution in [0.25, 0.3) is 0 Å². The predicted octanol–water partition coefficient (Wildman–Crippen LogP) is 2.93. The van der Waals surface area contributed by atoms with Gasteiger partial charge in [0.05, 0.1) is 6.61 Å². The summed E-state index contributed by atoms with van der Waals surface area (Å²) in [5.41, 5.74) is 3.46. The minimum atomic E-state index is -0.393. The number of piperidine rings is 1. The zero-order chi connectivity index (χ0) is 21.1. The molecule has 30 heavy (non-hydrogen) atoms. The van der Waals surface area contributed by atoms with Crippen LogP contribution in [-0.2, 0) is 28.9 Å². The molecule has 0 saturated carbocycles. The van der Waals surface area contributed by atoms with Crippen molar-refractivity contribution >= 4 is 11.9 Å². The first-order valence-electron chi connectivity index (χ1n) is 10.8. The van der Waals surface area contributed by atoms with Gasteiger partial charge in [-0.25, -0.2) is 4.79 Å². The van der Waals surface area contributed by atoms with E-state index in [1.165, 1.54) is 0 Å². The van der Waals surface area contributed by atoms with Crippen molar-refractivity contribution in [3.05, 3.63) is 46.8 Å². The van der Waals surface area contributed by atoms with E-state index in [0.29, 0.717) is 25.4 Å². The average Bonchev–Trinajstić information content (AvgIpc) is 3.34. The Bertz CT molecular complexity index is 929. The summed E-state index contributed by atoms with van der Waals surface area (Å²) in [4.78, 5) is 27.0. The molecule has 0 spiro atoms. The Labute approximate surface area is 177 Å². The van der Waals surface area contributed by atoms with Crippen molar-refractivity contribution in [3.63, 3.8) is 0 Å². The van der Waals surface area contributed by atoms with Crippen LogP contribution in [0.1, 0.15) is 53.5 Å². The quantitative estimate of drug-likeness (QED) is 0.684. The molecule has 0 N–H and O–H groups in total. The molecule has 1 aliphatic heterocycles. The lowest BCUT2D eigenvalue weighted by atomic mass is 10.1. The molecule has 0 radical (unpaired) electrons. The molecule has 160 valence electrons. The molecule has 1 fully saturated rings. The Balaban J connectivity index is 1.36. The first kappa shape index (κ1) is 20.4. The number of hydrogen-bond donors (Lipinski definition) is 0. The molecule has 4 rings (SSSR count). The number of fused-ring (bicyclic) bond motifs is 1. The lowest BCUT2D eigenvalue weighted by molar-refractivity contribution is -0.133. The number of aromatic nitrogens is 2. The molecule has 7 nitrogen and oxygen atoms in total. The molecular formula is C23H29N3O4. The summed E-state index contributed by atoms with van der Waals surface area (Å²) < 4.78 is 13.0. The van der Waals surface area contributed by atoms with Gasteiger partial charge in [0, 0.05) is 37.2 Å². The summed E-state index contributed by atoms with van der Waals surface area (Å²) >= 11 is 0. The third-order valence-electron chi connectivity index (χ3n) is 5.94. The summed E-state index contributed by atoms with van der Waals surface area (Å²) in [5.74, 6) is 0.564. The van der Waals surface area contributed by atoms with Gasteiger partial charge in [-0.15, -0.1) is 0 Å². The van der Waals surface area contributed by atoms with Gasteiger partial charge in [-0.05, 0) is 44.7 Å². The second-order valence-corrected chi connectivity index (χ2v) is 7.97. The highest BCUT2D eigenvalue weighted by Gasteiger charge is 2.30. The molecule has 2 heterocycles. The van der Waals surface area contributed by atoms with Crippen molar-refractivity contribution in [1.82, 2.24) is 14.7 Å². The number of likely N-dealkylation sites (tertiary alicyclic amines) is 1. The highest BCUT2D eigenvalue weighted by atomic mass is 16.5. The normalized spacial score (nSPS) is 16.4. The number of carbonyl (C=O) groups is 2. The van der Waals surface area contributed by atoms with Gasteiger partial charge < -0.3 is 14.4 Å². The van der Waals surface area contributed by atoms with Crippen molar-refractivity contribution < 1.29 is 19.1 Å². The first-order chi connectivity index (χ1) is 14.6. The predicted molar refractivity (Wildman–Crippen MR) is 112 cm³/mol. The summed E-state index contributed by atoms with van der Waals surface area (Å²) in [6.07, 6.45) is 4.40. The topological polar surface area (TPSA) is 73.7 Å². The van der Waals surface area contributed by atoms with Crippen LogP contribution in [0.2, 0.25) is 0 Å². The number of ether oxygens (including phenoxy) is 2. The fourth-order valence-corrected chi connectivity index (χ4v) is 4.32. The number of benzene rings is 1. The van der Waals surface area contributed by atoms with E-state index in [-0.39, 0.29) is 18.6 Å². The summed E-state index contributed by atoms with van der Waals surface area (Å²) in [6, 6.07) is 8.02. The minimum absolute atomic E-state index is 0.0388. The minimum Gasteiger partial charge on any atom is -0.490 e. The maximum absolute atomic E-state index is 12.9. The lowest BCUT2D eigenvalue weighted by Gasteiger charge is -2.32. The molecular weight excluding hydrogens is 382 g/mol. The number of esters is 1. The number of amides is 1. The molecule has 1 aromatic heterocycles. The van der Waals surface area contributed by atoms with Crippen LogP contribution in [0, 0.1) is 6.92 Å². The van der Waals surface area contributed by atoms with Crippen molar-refractivity contribution in [3.8, 4) is 5.75 Å². The Kier molecular flexibility index (Phi) is 6.06. The number of aryl methyl sites for hydroxylation is 1. The van der Waals surface area contributed by atoms with Gasteiger partial charge in [-0.2, -0.15) is 5.10 Å². The zero-order valence-corrected chi connectivity index (χ0v) is 17.7. The lowest BCUT2D eigenvalue weighted by Crippen LogP contribution is -2.43. The smallest absolute Gasteiger partial charge is 0.359 e. The van der Waals surface area contributed by atoms with Crippen LogP contribution >= 0.6 is 0 Å². The van der Waals surface area contributed by atoms with Crippen molar-refractivity contribution in [1.29, 1.82) is 0 Å². The van der Waals surface area contributed by atoms with Crippen LogP contribution in [0.15, 0.2) is 24.3 Å². The van der Waals surface area contributed by atoms with E-state index in [9.17, 15) is 9.59 Å². The van der Waals surface area contributed by atoms with Crippen molar-refractivity contribution in [2.24, 2.45) is 0 Å². The van der Waals surface area contributed by atoms with Crippen LogP contribution in [-0.4, -0.2) is 52.4 Å². The van der Waals surface area contributed by atoms with E-state index in [1.54, 1.807) is 11.6 Å². The Hall–Kier alpha value is -2.83. The number of carbonyl (C=O) groups excluding carboxylic acids is 2. The third kappa shape index (κ3) is 4.20. The number of para-hydroxylation sites is 1. The van der Waals surface area contributed by atoms with Gasteiger partial charge in [0.15, 0.2) is 5.69 Å². The summed E-state index contributed by atoms with van der Waals surface area (Å²) in [6.45, 7) is 5.66.